The predicted molar refractivity (Wildman–Crippen MR) is 91.9 cm³/mol. The summed E-state index contributed by atoms with van der Waals surface area (Å²) in [7, 11) is 0. The van der Waals surface area contributed by atoms with Gasteiger partial charge in [-0.25, -0.2) is 9.80 Å². The second kappa shape index (κ2) is 9.35. The first kappa shape index (κ1) is 22.8. The first-order valence-corrected chi connectivity index (χ1v) is 9.26. The van der Waals surface area contributed by atoms with Crippen LogP contribution >= 0.6 is 0 Å². The number of hydrogen-bond donors (Lipinski definition) is 6. The molecule has 12 heteroatoms. The Hall–Kier alpha value is -0.480. The Morgan fingerprint density at radius 2 is 1.07 bits per heavy atom. The summed E-state index contributed by atoms with van der Waals surface area (Å²) >= 11 is 0. The molecule has 0 aromatic heterocycles. The van der Waals surface area contributed by atoms with E-state index in [9.17, 15) is 30.8 Å². The van der Waals surface area contributed by atoms with Gasteiger partial charge in [0, 0.05) is 26.3 Å². The minimum absolute atomic E-state index is 0.0272. The normalized spacial score (nSPS) is 40.9. The second-order valence-corrected chi connectivity index (χ2v) is 7.47. The monoisotopic (exact) mass is 396 g/mol. The van der Waals surface area contributed by atoms with Gasteiger partial charge in [-0.05, 0) is 25.7 Å². The van der Waals surface area contributed by atoms with E-state index in [0.717, 1.165) is 0 Å². The van der Waals surface area contributed by atoms with Gasteiger partial charge in [0.15, 0.2) is 12.5 Å². The molecule has 2 aliphatic heterocycles. The molecule has 0 radical (unpaired) electrons. The lowest BCUT2D eigenvalue weighted by Gasteiger charge is -2.49. The van der Waals surface area contributed by atoms with E-state index >= 15 is 0 Å². The highest BCUT2D eigenvalue weighted by Crippen LogP contribution is 2.33. The zero-order valence-electron chi connectivity index (χ0n) is 15.4. The third kappa shape index (κ3) is 4.93. The first-order chi connectivity index (χ1) is 12.7. The molecule has 0 aromatic rings. The summed E-state index contributed by atoms with van der Waals surface area (Å²) < 4.78 is -2.84. The van der Waals surface area contributed by atoms with Gasteiger partial charge in [-0.2, -0.15) is 0 Å². The van der Waals surface area contributed by atoms with Crippen molar-refractivity contribution in [2.75, 3.05) is 46.3 Å². The van der Waals surface area contributed by atoms with Crippen LogP contribution in [-0.4, -0.2) is 121 Å². The molecule has 0 spiro atoms. The van der Waals surface area contributed by atoms with Crippen LogP contribution in [0.5, 0.6) is 0 Å². The minimum Gasteiger partial charge on any atom is -0.626 e. The van der Waals surface area contributed by atoms with Crippen molar-refractivity contribution in [2.45, 2.75) is 50.6 Å². The zero-order valence-corrected chi connectivity index (χ0v) is 15.4. The number of unbranched alkanes of at least 4 members (excludes halogenated alkanes) is 2. The fourth-order valence-electron chi connectivity index (χ4n) is 3.73. The number of hydrogen-bond acceptors (Lipinski definition) is 10. The number of nitrogens with zero attached hydrogens (tertiary/aromatic N) is 4. The predicted octanol–water partition coefficient (Wildman–Crippen LogP) is -3.06. The van der Waals surface area contributed by atoms with Crippen LogP contribution in [0.2, 0.25) is 0 Å². The Morgan fingerprint density at radius 3 is 1.41 bits per heavy atom. The SMILES string of the molecule is [O-][N+]1(C[N+]2([O-])CN(CCCCO)C(O)C2O)CN(CCCCO)C(O)C1O. The third-order valence-corrected chi connectivity index (χ3v) is 5.27. The van der Waals surface area contributed by atoms with Gasteiger partial charge in [0.1, 0.15) is 13.3 Å². The second-order valence-electron chi connectivity index (χ2n) is 7.47. The molecular weight excluding hydrogens is 364 g/mol. The van der Waals surface area contributed by atoms with E-state index in [-0.39, 0.29) is 39.6 Å². The van der Waals surface area contributed by atoms with Crippen molar-refractivity contribution >= 4 is 0 Å². The maximum absolute atomic E-state index is 13.0. The van der Waals surface area contributed by atoms with Crippen LogP contribution in [0.25, 0.3) is 0 Å². The Balaban J connectivity index is 2.03. The molecule has 160 valence electrons. The van der Waals surface area contributed by atoms with Crippen molar-refractivity contribution in [3.05, 3.63) is 10.4 Å². The van der Waals surface area contributed by atoms with Crippen molar-refractivity contribution < 1.29 is 39.9 Å². The number of aliphatic hydroxyl groups is 6. The summed E-state index contributed by atoms with van der Waals surface area (Å²) in [5, 5.41) is 84.3. The summed E-state index contributed by atoms with van der Waals surface area (Å²) in [5.74, 6) is 0. The highest BCUT2D eigenvalue weighted by molar-refractivity contribution is 4.74. The molecule has 2 rings (SSSR count). The fraction of sp³-hybridized carbons (Fsp3) is 1.00. The number of quaternary nitrogens is 2. The van der Waals surface area contributed by atoms with Crippen LogP contribution in [0.4, 0.5) is 0 Å². The summed E-state index contributed by atoms with van der Waals surface area (Å²) in [6, 6.07) is 0. The van der Waals surface area contributed by atoms with E-state index in [1.54, 1.807) is 0 Å². The maximum Gasteiger partial charge on any atom is 0.236 e. The highest BCUT2D eigenvalue weighted by Gasteiger charge is 2.54. The number of aliphatic hydroxyl groups excluding tert-OH is 6. The van der Waals surface area contributed by atoms with Gasteiger partial charge in [-0.15, -0.1) is 0 Å². The van der Waals surface area contributed by atoms with Gasteiger partial charge in [0.05, 0.1) is 0 Å². The van der Waals surface area contributed by atoms with Crippen LogP contribution in [0, 0.1) is 10.4 Å². The molecule has 2 aliphatic rings. The van der Waals surface area contributed by atoms with Gasteiger partial charge in [-0.3, -0.25) is 9.29 Å². The van der Waals surface area contributed by atoms with E-state index < -0.39 is 40.9 Å². The molecular formula is C15H32N4O8. The zero-order chi connectivity index (χ0) is 20.2. The number of rotatable bonds is 10. The summed E-state index contributed by atoms with van der Waals surface area (Å²) in [6.07, 6.45) is -4.45. The average Bonchev–Trinajstić information content (AvgIpc) is 2.95. The highest BCUT2D eigenvalue weighted by atomic mass is 16.6. The van der Waals surface area contributed by atoms with E-state index in [0.29, 0.717) is 25.7 Å². The van der Waals surface area contributed by atoms with E-state index in [1.807, 2.05) is 0 Å². The van der Waals surface area contributed by atoms with Crippen molar-refractivity contribution in [2.24, 2.45) is 0 Å². The molecule has 6 N–H and O–H groups in total. The van der Waals surface area contributed by atoms with Crippen LogP contribution < -0.4 is 0 Å². The molecule has 27 heavy (non-hydrogen) atoms. The third-order valence-electron chi connectivity index (χ3n) is 5.27. The van der Waals surface area contributed by atoms with Gasteiger partial charge < -0.3 is 41.1 Å². The molecule has 6 atom stereocenters. The number of hydroxylamine groups is 6. The standard InChI is InChI=1S/C15H32N4O8/c20-7-3-1-5-16-9-18(26,14(24)12(16)22)11-19(27)10-17(6-2-4-8-21)13(23)15(19)25/h12-15,20-25H,1-11H2. The van der Waals surface area contributed by atoms with Crippen molar-refractivity contribution in [3.63, 3.8) is 0 Å². The molecule has 0 aromatic carbocycles. The van der Waals surface area contributed by atoms with Crippen molar-refractivity contribution in [1.82, 2.24) is 9.80 Å². The van der Waals surface area contributed by atoms with E-state index in [1.165, 1.54) is 9.80 Å². The smallest absolute Gasteiger partial charge is 0.236 e. The molecule has 2 heterocycles. The van der Waals surface area contributed by atoms with Crippen molar-refractivity contribution in [1.29, 1.82) is 0 Å². The maximum atomic E-state index is 13.0. The minimum atomic E-state index is -1.77. The molecule has 0 bridgehead atoms. The summed E-state index contributed by atoms with van der Waals surface area (Å²) in [6.45, 7) is -0.923. The Bertz CT molecular complexity index is 437. The van der Waals surface area contributed by atoms with Gasteiger partial charge in [0.2, 0.25) is 19.1 Å². The molecule has 0 aliphatic carbocycles. The fourth-order valence-corrected chi connectivity index (χ4v) is 3.73. The lowest BCUT2D eigenvalue weighted by Crippen LogP contribution is -2.63. The topological polar surface area (TPSA) is 174 Å². The Morgan fingerprint density at radius 1 is 0.704 bits per heavy atom. The first-order valence-electron chi connectivity index (χ1n) is 9.26. The summed E-state index contributed by atoms with van der Waals surface area (Å²) in [5.41, 5.74) is 0. The molecule has 2 saturated heterocycles. The Labute approximate surface area is 158 Å². The molecule has 0 amide bonds. The molecule has 0 saturated carbocycles. The molecule has 6 unspecified atom stereocenters. The molecule has 12 nitrogen and oxygen atoms in total. The van der Waals surface area contributed by atoms with E-state index in [2.05, 4.69) is 0 Å². The average molecular weight is 396 g/mol. The van der Waals surface area contributed by atoms with E-state index in [4.69, 9.17) is 10.2 Å². The van der Waals surface area contributed by atoms with Gasteiger partial charge in [-0.1, -0.05) is 0 Å². The van der Waals surface area contributed by atoms with Crippen LogP contribution in [0.15, 0.2) is 0 Å². The lowest BCUT2D eigenvalue weighted by atomic mass is 10.3. The van der Waals surface area contributed by atoms with Crippen LogP contribution in [0.1, 0.15) is 25.7 Å². The quantitative estimate of drug-likeness (QED) is 0.126. The molecule has 2 fully saturated rings. The van der Waals surface area contributed by atoms with Crippen molar-refractivity contribution in [3.8, 4) is 0 Å². The van der Waals surface area contributed by atoms with Gasteiger partial charge in [0.25, 0.3) is 0 Å². The lowest BCUT2D eigenvalue weighted by molar-refractivity contribution is -1.09. The van der Waals surface area contributed by atoms with Gasteiger partial charge >= 0.3 is 0 Å². The largest absolute Gasteiger partial charge is 0.626 e. The van der Waals surface area contributed by atoms with Crippen LogP contribution in [-0.2, 0) is 0 Å². The van der Waals surface area contributed by atoms with Crippen LogP contribution in [0.3, 0.4) is 0 Å². The Kier molecular flexibility index (Phi) is 7.89. The summed E-state index contributed by atoms with van der Waals surface area (Å²) in [4.78, 5) is 2.69.